The van der Waals surface area contributed by atoms with E-state index in [1.54, 1.807) is 24.3 Å². The summed E-state index contributed by atoms with van der Waals surface area (Å²) in [6.07, 6.45) is 1.80. The van der Waals surface area contributed by atoms with Gasteiger partial charge in [0.25, 0.3) is 0 Å². The molecule has 4 rings (SSSR count). The molecule has 0 bridgehead atoms. The first kappa shape index (κ1) is 24.7. The number of anilines is 2. The molecular formula is C25H34N4O4S. The summed E-state index contributed by atoms with van der Waals surface area (Å²) in [4.78, 5) is 17.4. The third-order valence-electron chi connectivity index (χ3n) is 6.61. The molecule has 0 saturated carbocycles. The molecule has 0 spiro atoms. The van der Waals surface area contributed by atoms with Crippen LogP contribution in [0.5, 0.6) is 0 Å². The van der Waals surface area contributed by atoms with Crippen molar-refractivity contribution in [1.82, 2.24) is 9.21 Å². The number of rotatable bonds is 8. The lowest BCUT2D eigenvalue weighted by Gasteiger charge is -2.29. The van der Waals surface area contributed by atoms with Crippen LogP contribution in [0.2, 0.25) is 0 Å². The number of morpholine rings is 1. The number of nitrogens with one attached hydrogen (secondary N) is 1. The van der Waals surface area contributed by atoms with E-state index in [9.17, 15) is 13.2 Å². The van der Waals surface area contributed by atoms with Crippen LogP contribution in [0.15, 0.2) is 53.4 Å². The molecule has 0 radical (unpaired) electrons. The van der Waals surface area contributed by atoms with E-state index in [-0.39, 0.29) is 16.8 Å². The molecule has 2 fully saturated rings. The predicted molar refractivity (Wildman–Crippen MR) is 133 cm³/mol. The zero-order chi connectivity index (χ0) is 24.1. The number of ether oxygens (including phenoxy) is 1. The summed E-state index contributed by atoms with van der Waals surface area (Å²) in [5.41, 5.74) is 2.91. The monoisotopic (exact) mass is 486 g/mol. The van der Waals surface area contributed by atoms with Crippen molar-refractivity contribution in [2.24, 2.45) is 0 Å². The molecular weight excluding hydrogens is 452 g/mol. The first-order valence-corrected chi connectivity index (χ1v) is 13.3. The number of amides is 1. The van der Waals surface area contributed by atoms with Crippen LogP contribution in [0.4, 0.5) is 11.4 Å². The molecule has 2 aromatic rings. The molecule has 0 aromatic heterocycles. The van der Waals surface area contributed by atoms with E-state index in [1.165, 1.54) is 9.99 Å². The van der Waals surface area contributed by atoms with E-state index in [1.807, 2.05) is 18.9 Å². The molecule has 2 aromatic carbocycles. The molecule has 2 aliphatic heterocycles. The summed E-state index contributed by atoms with van der Waals surface area (Å²) < 4.78 is 32.3. The predicted octanol–water partition coefficient (Wildman–Crippen LogP) is 2.77. The number of nitrogens with zero attached hydrogens (tertiary/aromatic N) is 3. The summed E-state index contributed by atoms with van der Waals surface area (Å²) in [6.45, 7) is 6.97. The van der Waals surface area contributed by atoms with Gasteiger partial charge in [0.15, 0.2) is 0 Å². The number of hydrogen-bond acceptors (Lipinski definition) is 6. The van der Waals surface area contributed by atoms with Gasteiger partial charge in [-0.3, -0.25) is 9.69 Å². The highest BCUT2D eigenvalue weighted by atomic mass is 32.2. The van der Waals surface area contributed by atoms with Crippen molar-refractivity contribution in [2.75, 3.05) is 56.7 Å². The lowest BCUT2D eigenvalue weighted by Crippen LogP contribution is -2.39. The summed E-state index contributed by atoms with van der Waals surface area (Å²) >= 11 is 0. The molecule has 8 nitrogen and oxygen atoms in total. The minimum absolute atomic E-state index is 0.136. The average molecular weight is 487 g/mol. The van der Waals surface area contributed by atoms with Gasteiger partial charge in [0.05, 0.1) is 24.2 Å². The first-order chi connectivity index (χ1) is 16.3. The maximum atomic E-state index is 12.8. The van der Waals surface area contributed by atoms with Gasteiger partial charge in [-0.05, 0) is 68.8 Å². The van der Waals surface area contributed by atoms with Crippen molar-refractivity contribution in [3.05, 3.63) is 54.1 Å². The quantitative estimate of drug-likeness (QED) is 0.618. The Bertz CT molecular complexity index is 1060. The molecule has 0 aliphatic carbocycles. The van der Waals surface area contributed by atoms with Crippen LogP contribution in [0.25, 0.3) is 0 Å². The fourth-order valence-electron chi connectivity index (χ4n) is 4.29. The van der Waals surface area contributed by atoms with Gasteiger partial charge in [0.1, 0.15) is 0 Å². The van der Waals surface area contributed by atoms with Crippen molar-refractivity contribution in [1.29, 1.82) is 0 Å². The minimum Gasteiger partial charge on any atom is -0.378 e. The van der Waals surface area contributed by atoms with Crippen molar-refractivity contribution >= 4 is 27.3 Å². The largest absolute Gasteiger partial charge is 0.378 e. The lowest BCUT2D eigenvalue weighted by atomic mass is 10.1. The Kier molecular flexibility index (Phi) is 7.88. The van der Waals surface area contributed by atoms with E-state index in [0.717, 1.165) is 44.7 Å². The third kappa shape index (κ3) is 5.78. The summed E-state index contributed by atoms with van der Waals surface area (Å²) in [5.74, 6) is -0.136. The Balaban J connectivity index is 1.31. The molecule has 184 valence electrons. The highest BCUT2D eigenvalue weighted by molar-refractivity contribution is 7.89. The topological polar surface area (TPSA) is 82.2 Å². The number of carbonyl (C=O) groups is 1. The van der Waals surface area contributed by atoms with Gasteiger partial charge in [-0.15, -0.1) is 0 Å². The molecule has 1 N–H and O–H groups in total. The van der Waals surface area contributed by atoms with E-state index in [0.29, 0.717) is 25.3 Å². The molecule has 1 amide bonds. The van der Waals surface area contributed by atoms with Crippen LogP contribution in [-0.4, -0.2) is 76.0 Å². The van der Waals surface area contributed by atoms with Gasteiger partial charge >= 0.3 is 0 Å². The van der Waals surface area contributed by atoms with E-state index >= 15 is 0 Å². The zero-order valence-electron chi connectivity index (χ0n) is 19.9. The maximum Gasteiger partial charge on any atom is 0.243 e. The highest BCUT2D eigenvalue weighted by Crippen LogP contribution is 2.23. The second-order valence-electron chi connectivity index (χ2n) is 8.98. The number of sulfonamides is 1. The summed E-state index contributed by atoms with van der Waals surface area (Å²) in [7, 11) is -1.53. The fraction of sp³-hybridized carbons (Fsp3) is 0.480. The van der Waals surface area contributed by atoms with Gasteiger partial charge < -0.3 is 15.0 Å². The van der Waals surface area contributed by atoms with Gasteiger partial charge in [-0.2, -0.15) is 4.31 Å². The molecule has 2 heterocycles. The fourth-order valence-corrected chi connectivity index (χ4v) is 5.81. The van der Waals surface area contributed by atoms with Gasteiger partial charge in [0.2, 0.25) is 15.9 Å². The standard InChI is InChI=1S/C25H34N4O4S/c1-20(27(2)19-21-5-9-23(10-6-21)28-15-17-33-18-16-28)25(30)26-22-7-11-24(12-8-22)34(31,32)29-13-3-4-14-29/h5-12,20H,3-4,13-19H2,1-2H3,(H,26,30)/t20-/m0/s1. The zero-order valence-corrected chi connectivity index (χ0v) is 20.8. The molecule has 9 heteroatoms. The molecule has 34 heavy (non-hydrogen) atoms. The van der Waals surface area contributed by atoms with E-state index in [4.69, 9.17) is 4.74 Å². The van der Waals surface area contributed by atoms with Crippen LogP contribution in [-0.2, 0) is 26.1 Å². The molecule has 1 atom stereocenters. The van der Waals surface area contributed by atoms with Crippen molar-refractivity contribution in [3.8, 4) is 0 Å². The van der Waals surface area contributed by atoms with Crippen LogP contribution < -0.4 is 10.2 Å². The van der Waals surface area contributed by atoms with E-state index in [2.05, 4.69) is 34.5 Å². The van der Waals surface area contributed by atoms with Crippen LogP contribution in [0.1, 0.15) is 25.3 Å². The van der Waals surface area contributed by atoms with Crippen molar-refractivity contribution in [2.45, 2.75) is 37.2 Å². The number of likely N-dealkylation sites (N-methyl/N-ethyl adjacent to an activating group) is 1. The summed E-state index contributed by atoms with van der Waals surface area (Å²) in [5, 5.41) is 2.90. The third-order valence-corrected chi connectivity index (χ3v) is 8.52. The normalized spacial score (nSPS) is 18.3. The van der Waals surface area contributed by atoms with Gasteiger partial charge in [0, 0.05) is 44.1 Å². The Morgan fingerprint density at radius 1 is 1.00 bits per heavy atom. The number of benzene rings is 2. The smallest absolute Gasteiger partial charge is 0.243 e. The first-order valence-electron chi connectivity index (χ1n) is 11.9. The molecule has 2 saturated heterocycles. The number of carbonyl (C=O) groups excluding carboxylic acids is 1. The molecule has 2 aliphatic rings. The lowest BCUT2D eigenvalue weighted by molar-refractivity contribution is -0.120. The SMILES string of the molecule is C[C@@H](C(=O)Nc1ccc(S(=O)(=O)N2CCCC2)cc1)N(C)Cc1ccc(N2CCOCC2)cc1. The van der Waals surface area contributed by atoms with Crippen LogP contribution in [0, 0.1) is 0 Å². The highest BCUT2D eigenvalue weighted by Gasteiger charge is 2.27. The van der Waals surface area contributed by atoms with Gasteiger partial charge in [-0.1, -0.05) is 12.1 Å². The number of hydrogen-bond donors (Lipinski definition) is 1. The second-order valence-corrected chi connectivity index (χ2v) is 10.9. The Morgan fingerprint density at radius 2 is 1.62 bits per heavy atom. The maximum absolute atomic E-state index is 12.8. The molecule has 0 unspecified atom stereocenters. The Hall–Kier alpha value is -2.46. The Morgan fingerprint density at radius 3 is 2.24 bits per heavy atom. The van der Waals surface area contributed by atoms with E-state index < -0.39 is 10.0 Å². The average Bonchev–Trinajstić information content (AvgIpc) is 3.41. The van der Waals surface area contributed by atoms with Crippen molar-refractivity contribution < 1.29 is 17.9 Å². The Labute approximate surface area is 202 Å². The van der Waals surface area contributed by atoms with Crippen molar-refractivity contribution in [3.63, 3.8) is 0 Å². The summed E-state index contributed by atoms with van der Waals surface area (Å²) in [6, 6.07) is 14.5. The minimum atomic E-state index is -3.46. The van der Waals surface area contributed by atoms with Crippen LogP contribution >= 0.6 is 0 Å². The van der Waals surface area contributed by atoms with Crippen LogP contribution in [0.3, 0.4) is 0 Å². The van der Waals surface area contributed by atoms with Gasteiger partial charge in [-0.25, -0.2) is 8.42 Å². The second kappa shape index (κ2) is 10.9.